The summed E-state index contributed by atoms with van der Waals surface area (Å²) >= 11 is 0. The van der Waals surface area contributed by atoms with Gasteiger partial charge in [-0.25, -0.2) is 17.5 Å². The molecule has 0 unspecified atom stereocenters. The minimum Gasteiger partial charge on any atom is -0.340 e. The first-order valence-electron chi connectivity index (χ1n) is 5.41. The summed E-state index contributed by atoms with van der Waals surface area (Å²) < 4.78 is 44.0. The minimum absolute atomic E-state index is 0.168. The number of aromatic nitrogens is 2. The number of rotatable bonds is 4. The highest BCUT2D eigenvalue weighted by atomic mass is 32.2. The van der Waals surface area contributed by atoms with Crippen LogP contribution in [0.4, 0.5) is 4.39 Å². The Labute approximate surface area is 114 Å². The number of hydrogen-bond acceptors (Lipinski definition) is 6. The summed E-state index contributed by atoms with van der Waals surface area (Å²) in [5.41, 5.74) is -0.344. The van der Waals surface area contributed by atoms with Crippen LogP contribution in [-0.4, -0.2) is 18.6 Å². The molecule has 0 saturated carbocycles. The van der Waals surface area contributed by atoms with Gasteiger partial charge in [0.15, 0.2) is 5.82 Å². The monoisotopic (exact) mass is 296 g/mol. The fourth-order valence-electron chi connectivity index (χ4n) is 1.41. The van der Waals surface area contributed by atoms with E-state index in [0.29, 0.717) is 5.89 Å². The molecular weight excluding hydrogens is 287 g/mol. The zero-order valence-corrected chi connectivity index (χ0v) is 11.1. The molecule has 0 aliphatic rings. The predicted molar refractivity (Wildman–Crippen MR) is 64.2 cm³/mol. The third-order valence-electron chi connectivity index (χ3n) is 2.36. The number of aryl methyl sites for hydroxylation is 1. The van der Waals surface area contributed by atoms with Crippen LogP contribution in [0.3, 0.4) is 0 Å². The van der Waals surface area contributed by atoms with Gasteiger partial charge in [0, 0.05) is 6.92 Å². The lowest BCUT2D eigenvalue weighted by atomic mass is 10.2. The lowest BCUT2D eigenvalue weighted by Crippen LogP contribution is -2.24. The molecular formula is C11H9FN4O3S. The maximum absolute atomic E-state index is 13.1. The molecule has 0 saturated heterocycles. The first-order valence-corrected chi connectivity index (χ1v) is 6.89. The topological polar surface area (TPSA) is 109 Å². The molecule has 0 spiro atoms. The maximum Gasteiger partial charge on any atom is 0.241 e. The molecule has 1 heterocycles. The van der Waals surface area contributed by atoms with E-state index >= 15 is 0 Å². The molecule has 0 aliphatic carbocycles. The number of hydrogen-bond donors (Lipinski definition) is 1. The Bertz CT molecular complexity index is 779. The van der Waals surface area contributed by atoms with Crippen molar-refractivity contribution in [2.24, 2.45) is 0 Å². The van der Waals surface area contributed by atoms with E-state index in [2.05, 4.69) is 14.9 Å². The first kappa shape index (κ1) is 14.1. The summed E-state index contributed by atoms with van der Waals surface area (Å²) in [7, 11) is -3.89. The van der Waals surface area contributed by atoms with Gasteiger partial charge in [-0.05, 0) is 18.2 Å². The Kier molecular flexibility index (Phi) is 3.78. The number of benzene rings is 1. The van der Waals surface area contributed by atoms with Gasteiger partial charge in [-0.2, -0.15) is 10.2 Å². The molecule has 0 aliphatic heterocycles. The lowest BCUT2D eigenvalue weighted by molar-refractivity contribution is 0.387. The van der Waals surface area contributed by atoms with E-state index in [-0.39, 0.29) is 22.8 Å². The van der Waals surface area contributed by atoms with Crippen LogP contribution in [0.25, 0.3) is 0 Å². The smallest absolute Gasteiger partial charge is 0.241 e. The summed E-state index contributed by atoms with van der Waals surface area (Å²) in [5.74, 6) is -0.290. The Balaban J connectivity index is 2.20. The number of nitrogens with one attached hydrogen (secondary N) is 1. The van der Waals surface area contributed by atoms with Gasteiger partial charge in [-0.15, -0.1) is 0 Å². The van der Waals surface area contributed by atoms with Crippen molar-refractivity contribution < 1.29 is 17.3 Å². The van der Waals surface area contributed by atoms with E-state index in [9.17, 15) is 12.8 Å². The molecule has 2 aromatic rings. The van der Waals surface area contributed by atoms with Crippen LogP contribution in [0.5, 0.6) is 0 Å². The molecule has 0 radical (unpaired) electrons. The highest BCUT2D eigenvalue weighted by Gasteiger charge is 2.17. The average Bonchev–Trinajstić information content (AvgIpc) is 2.83. The SMILES string of the molecule is Cc1nc(CNS(=O)(=O)c2ccc(F)c(C#N)c2)no1. The van der Waals surface area contributed by atoms with Gasteiger partial charge in [-0.3, -0.25) is 0 Å². The van der Waals surface area contributed by atoms with Crippen molar-refractivity contribution in [2.45, 2.75) is 18.4 Å². The molecule has 0 atom stereocenters. The van der Waals surface area contributed by atoms with E-state index in [1.165, 1.54) is 0 Å². The molecule has 9 heteroatoms. The summed E-state index contributed by atoms with van der Waals surface area (Å²) in [6, 6.07) is 4.53. The van der Waals surface area contributed by atoms with Crippen molar-refractivity contribution in [3.8, 4) is 6.07 Å². The molecule has 0 bridgehead atoms. The highest BCUT2D eigenvalue weighted by molar-refractivity contribution is 7.89. The van der Waals surface area contributed by atoms with Gasteiger partial charge in [-0.1, -0.05) is 5.16 Å². The van der Waals surface area contributed by atoms with Gasteiger partial charge in [0.1, 0.15) is 11.9 Å². The Hall–Kier alpha value is -2.31. The summed E-state index contributed by atoms with van der Waals surface area (Å²) in [6.07, 6.45) is 0. The molecule has 0 fully saturated rings. The zero-order valence-electron chi connectivity index (χ0n) is 10.3. The normalized spacial score (nSPS) is 11.2. The van der Waals surface area contributed by atoms with Gasteiger partial charge >= 0.3 is 0 Å². The van der Waals surface area contributed by atoms with E-state index < -0.39 is 15.8 Å². The fraction of sp³-hybridized carbons (Fsp3) is 0.182. The van der Waals surface area contributed by atoms with Crippen LogP contribution in [0, 0.1) is 24.1 Å². The summed E-state index contributed by atoms with van der Waals surface area (Å²) in [6.45, 7) is 1.41. The molecule has 20 heavy (non-hydrogen) atoms. The van der Waals surface area contributed by atoms with Crippen LogP contribution in [0.1, 0.15) is 17.3 Å². The van der Waals surface area contributed by atoms with Crippen LogP contribution >= 0.6 is 0 Å². The number of nitriles is 1. The molecule has 0 amide bonds. The molecule has 2 rings (SSSR count). The molecule has 104 valence electrons. The van der Waals surface area contributed by atoms with Gasteiger partial charge < -0.3 is 4.52 Å². The Morgan fingerprint density at radius 3 is 2.85 bits per heavy atom. The van der Waals surface area contributed by atoms with Gasteiger partial charge in [0.05, 0.1) is 17.0 Å². The Morgan fingerprint density at radius 2 is 2.25 bits per heavy atom. The lowest BCUT2D eigenvalue weighted by Gasteiger charge is -2.05. The third kappa shape index (κ3) is 2.98. The van der Waals surface area contributed by atoms with Crippen LogP contribution in [0.15, 0.2) is 27.6 Å². The number of sulfonamides is 1. The van der Waals surface area contributed by atoms with Crippen molar-refractivity contribution in [1.29, 1.82) is 5.26 Å². The Morgan fingerprint density at radius 1 is 1.50 bits per heavy atom. The summed E-state index contributed by atoms with van der Waals surface area (Å²) in [4.78, 5) is 3.63. The standard InChI is InChI=1S/C11H9FN4O3S/c1-7-15-11(16-19-7)6-14-20(17,18)9-2-3-10(12)8(4-9)5-13/h2-4,14H,6H2,1H3. The second-order valence-electron chi connectivity index (χ2n) is 3.81. The quantitative estimate of drug-likeness (QED) is 0.896. The zero-order chi connectivity index (χ0) is 14.8. The molecule has 1 aromatic carbocycles. The van der Waals surface area contributed by atoms with E-state index in [1.807, 2.05) is 0 Å². The van der Waals surface area contributed by atoms with Gasteiger partial charge in [0.25, 0.3) is 0 Å². The summed E-state index contributed by atoms with van der Waals surface area (Å²) in [5, 5.41) is 12.2. The van der Waals surface area contributed by atoms with Crippen LogP contribution in [0.2, 0.25) is 0 Å². The fourth-order valence-corrected chi connectivity index (χ4v) is 2.42. The second kappa shape index (κ2) is 5.36. The van der Waals surface area contributed by atoms with Crippen molar-refractivity contribution in [3.63, 3.8) is 0 Å². The second-order valence-corrected chi connectivity index (χ2v) is 5.57. The van der Waals surface area contributed by atoms with Crippen LogP contribution in [-0.2, 0) is 16.6 Å². The van der Waals surface area contributed by atoms with Crippen LogP contribution < -0.4 is 4.72 Å². The first-order chi connectivity index (χ1) is 9.42. The van der Waals surface area contributed by atoms with Gasteiger partial charge in [0.2, 0.25) is 15.9 Å². The molecule has 1 N–H and O–H groups in total. The van der Waals surface area contributed by atoms with E-state index in [4.69, 9.17) is 9.78 Å². The largest absolute Gasteiger partial charge is 0.340 e. The van der Waals surface area contributed by atoms with E-state index in [0.717, 1.165) is 18.2 Å². The number of halogens is 1. The highest BCUT2D eigenvalue weighted by Crippen LogP contribution is 2.14. The van der Waals surface area contributed by atoms with Crippen molar-refractivity contribution in [1.82, 2.24) is 14.9 Å². The molecule has 7 nitrogen and oxygen atoms in total. The van der Waals surface area contributed by atoms with Crippen molar-refractivity contribution in [2.75, 3.05) is 0 Å². The average molecular weight is 296 g/mol. The third-order valence-corrected chi connectivity index (χ3v) is 3.76. The van der Waals surface area contributed by atoms with Crippen molar-refractivity contribution >= 4 is 10.0 Å². The minimum atomic E-state index is -3.89. The van der Waals surface area contributed by atoms with E-state index in [1.54, 1.807) is 13.0 Å². The number of nitrogens with zero attached hydrogens (tertiary/aromatic N) is 3. The predicted octanol–water partition coefficient (Wildman–Crippen LogP) is 0.867. The van der Waals surface area contributed by atoms with Crippen molar-refractivity contribution in [3.05, 3.63) is 41.3 Å². The maximum atomic E-state index is 13.1. The molecule has 1 aromatic heterocycles.